The fraction of sp³-hybridized carbons (Fsp3) is 0.222. The molecule has 0 aliphatic rings. The van der Waals surface area contributed by atoms with Gasteiger partial charge < -0.3 is 4.72 Å². The highest BCUT2D eigenvalue weighted by molar-refractivity contribution is 8.09. The van der Waals surface area contributed by atoms with E-state index in [-0.39, 0.29) is 17.1 Å². The van der Waals surface area contributed by atoms with Crippen molar-refractivity contribution in [2.75, 3.05) is 11.3 Å². The van der Waals surface area contributed by atoms with Crippen LogP contribution in [0.4, 0.5) is 11.4 Å². The number of non-ortho nitro benzene ring substituents is 1. The summed E-state index contributed by atoms with van der Waals surface area (Å²) in [5.41, 5.74) is 2.40. The number of allylic oxidation sites excluding steroid dienone is 1. The molecule has 0 radical (unpaired) electrons. The Morgan fingerprint density at radius 2 is 1.78 bits per heavy atom. The number of benzene rings is 2. The number of sulfonamides is 1. The van der Waals surface area contributed by atoms with Crippen molar-refractivity contribution in [3.63, 3.8) is 0 Å². The summed E-state index contributed by atoms with van der Waals surface area (Å²) >= 11 is 0.923. The number of anilines is 1. The van der Waals surface area contributed by atoms with Crippen LogP contribution in [0.3, 0.4) is 0 Å². The van der Waals surface area contributed by atoms with Crippen LogP contribution in [0.25, 0.3) is 0 Å². The van der Waals surface area contributed by atoms with Crippen molar-refractivity contribution in [3.05, 3.63) is 75.9 Å². The van der Waals surface area contributed by atoms with E-state index < -0.39 is 14.9 Å². The van der Waals surface area contributed by atoms with E-state index in [4.69, 9.17) is 0 Å². The van der Waals surface area contributed by atoms with Crippen molar-refractivity contribution >= 4 is 33.5 Å². The predicted molar refractivity (Wildman–Crippen MR) is 109 cm³/mol. The first kappa shape index (κ1) is 20.9. The van der Waals surface area contributed by atoms with Crippen LogP contribution >= 0.6 is 12.1 Å². The van der Waals surface area contributed by atoms with Gasteiger partial charge in [-0.05, 0) is 45.0 Å². The quantitative estimate of drug-likeness (QED) is 0.299. The van der Waals surface area contributed by atoms with Crippen LogP contribution in [0, 0.1) is 17.0 Å². The Morgan fingerprint density at radius 1 is 1.19 bits per heavy atom. The molecule has 0 bridgehead atoms. The number of nitrogens with zero attached hydrogens (tertiary/aromatic N) is 2. The minimum atomic E-state index is -3.73. The second-order valence-electron chi connectivity index (χ2n) is 5.91. The normalized spacial score (nSPS) is 12.2. The third-order valence-electron chi connectivity index (χ3n) is 3.80. The zero-order chi connectivity index (χ0) is 20.0. The molecule has 0 aliphatic carbocycles. The lowest BCUT2D eigenvalue weighted by Gasteiger charge is -2.21. The van der Waals surface area contributed by atoms with Gasteiger partial charge in [-0.1, -0.05) is 29.3 Å². The van der Waals surface area contributed by atoms with E-state index in [9.17, 15) is 18.5 Å². The molecule has 27 heavy (non-hydrogen) atoms. The second-order valence-corrected chi connectivity index (χ2v) is 8.83. The van der Waals surface area contributed by atoms with Gasteiger partial charge in [0.25, 0.3) is 15.7 Å². The van der Waals surface area contributed by atoms with Gasteiger partial charge in [-0.2, -0.15) is 0 Å². The third-order valence-corrected chi connectivity index (χ3v) is 6.81. The van der Waals surface area contributed by atoms with Crippen LogP contribution in [0.2, 0.25) is 0 Å². The average Bonchev–Trinajstić information content (AvgIpc) is 2.65. The van der Waals surface area contributed by atoms with E-state index in [1.165, 1.54) is 28.0 Å². The fourth-order valence-corrected chi connectivity index (χ4v) is 4.51. The number of nitro groups is 1. The van der Waals surface area contributed by atoms with Gasteiger partial charge in [0.1, 0.15) is 0 Å². The van der Waals surface area contributed by atoms with Gasteiger partial charge in [-0.15, -0.1) is 3.71 Å². The molecule has 0 fully saturated rings. The molecule has 0 saturated heterocycles. The molecule has 144 valence electrons. The standard InChI is InChI=1S/C18H21N3O4S2/c1-4-14(2)13-20(27(24,25)18-11-5-15(3)6-12-18)26-19-16-7-9-17(10-8-16)21(22)23/h4-12,19H,13H2,1-3H3. The summed E-state index contributed by atoms with van der Waals surface area (Å²) in [6.07, 6.45) is 1.85. The summed E-state index contributed by atoms with van der Waals surface area (Å²) < 4.78 is 30.2. The van der Waals surface area contributed by atoms with E-state index in [0.29, 0.717) is 5.69 Å². The minimum absolute atomic E-state index is 0.0283. The molecule has 0 atom stereocenters. The van der Waals surface area contributed by atoms with Gasteiger partial charge in [0.15, 0.2) is 0 Å². The van der Waals surface area contributed by atoms with Gasteiger partial charge in [-0.25, -0.2) is 8.42 Å². The predicted octanol–water partition coefficient (Wildman–Crippen LogP) is 4.54. The van der Waals surface area contributed by atoms with E-state index in [0.717, 1.165) is 23.3 Å². The minimum Gasteiger partial charge on any atom is -0.316 e. The summed E-state index contributed by atoms with van der Waals surface area (Å²) in [6, 6.07) is 12.4. The van der Waals surface area contributed by atoms with Crippen molar-refractivity contribution in [2.24, 2.45) is 0 Å². The Bertz CT molecular complexity index is 924. The van der Waals surface area contributed by atoms with E-state index in [2.05, 4.69) is 4.72 Å². The van der Waals surface area contributed by atoms with Gasteiger partial charge >= 0.3 is 0 Å². The van der Waals surface area contributed by atoms with Crippen LogP contribution in [0.1, 0.15) is 19.4 Å². The lowest BCUT2D eigenvalue weighted by molar-refractivity contribution is -0.384. The zero-order valence-corrected chi connectivity index (χ0v) is 16.9. The van der Waals surface area contributed by atoms with E-state index in [1.54, 1.807) is 24.3 Å². The largest absolute Gasteiger partial charge is 0.316 e. The molecule has 7 nitrogen and oxygen atoms in total. The lowest BCUT2D eigenvalue weighted by Crippen LogP contribution is -2.27. The molecule has 0 heterocycles. The molecular formula is C18H21N3O4S2. The number of rotatable bonds is 8. The SMILES string of the molecule is CC=C(C)CN(SNc1ccc([N+](=O)[O-])cc1)S(=O)(=O)c1ccc(C)cc1. The van der Waals surface area contributed by atoms with E-state index in [1.807, 2.05) is 26.8 Å². The number of nitro benzene ring substituents is 1. The molecule has 9 heteroatoms. The molecule has 1 N–H and O–H groups in total. The Labute approximate surface area is 163 Å². The number of nitrogens with one attached hydrogen (secondary N) is 1. The topological polar surface area (TPSA) is 92.5 Å². The zero-order valence-electron chi connectivity index (χ0n) is 15.2. The Kier molecular flexibility index (Phi) is 7.00. The fourth-order valence-electron chi connectivity index (χ4n) is 2.04. The molecule has 2 aromatic rings. The maximum atomic E-state index is 13.0. The van der Waals surface area contributed by atoms with Crippen LogP contribution in [-0.4, -0.2) is 23.6 Å². The van der Waals surface area contributed by atoms with Gasteiger partial charge in [0.05, 0.1) is 22.0 Å². The Morgan fingerprint density at radius 3 is 2.30 bits per heavy atom. The number of hydrogen-bond acceptors (Lipinski definition) is 6. The molecule has 2 aromatic carbocycles. The van der Waals surface area contributed by atoms with Crippen LogP contribution in [-0.2, 0) is 10.0 Å². The molecule has 0 spiro atoms. The van der Waals surface area contributed by atoms with Gasteiger partial charge in [-0.3, -0.25) is 10.1 Å². The summed E-state index contributed by atoms with van der Waals surface area (Å²) in [5.74, 6) is 0. The van der Waals surface area contributed by atoms with E-state index >= 15 is 0 Å². The summed E-state index contributed by atoms with van der Waals surface area (Å²) in [4.78, 5) is 10.4. The average molecular weight is 408 g/mol. The third kappa shape index (κ3) is 5.56. The first-order valence-electron chi connectivity index (χ1n) is 8.12. The molecular weight excluding hydrogens is 386 g/mol. The first-order valence-corrected chi connectivity index (χ1v) is 10.3. The van der Waals surface area contributed by atoms with Crippen LogP contribution in [0.5, 0.6) is 0 Å². The van der Waals surface area contributed by atoms with Crippen LogP contribution < -0.4 is 4.72 Å². The highest BCUT2D eigenvalue weighted by Gasteiger charge is 2.25. The lowest BCUT2D eigenvalue weighted by atomic mass is 10.2. The summed E-state index contributed by atoms with van der Waals surface area (Å²) in [6.45, 7) is 5.80. The number of aryl methyl sites for hydroxylation is 1. The van der Waals surface area contributed by atoms with Crippen LogP contribution in [0.15, 0.2) is 65.1 Å². The maximum Gasteiger partial charge on any atom is 0.269 e. The maximum absolute atomic E-state index is 13.0. The molecule has 0 unspecified atom stereocenters. The van der Waals surface area contributed by atoms with Crippen molar-refractivity contribution in [3.8, 4) is 0 Å². The molecule has 2 rings (SSSR count). The van der Waals surface area contributed by atoms with Crippen molar-refractivity contribution in [1.82, 2.24) is 3.71 Å². The highest BCUT2D eigenvalue weighted by Crippen LogP contribution is 2.27. The Balaban J connectivity index is 2.23. The second kappa shape index (κ2) is 9.03. The monoisotopic (exact) mass is 407 g/mol. The molecule has 0 aliphatic heterocycles. The van der Waals surface area contributed by atoms with Crippen molar-refractivity contribution < 1.29 is 13.3 Å². The smallest absolute Gasteiger partial charge is 0.269 e. The molecule has 0 amide bonds. The van der Waals surface area contributed by atoms with Gasteiger partial charge in [0, 0.05) is 24.4 Å². The first-order chi connectivity index (χ1) is 12.7. The van der Waals surface area contributed by atoms with Gasteiger partial charge in [0.2, 0.25) is 0 Å². The van der Waals surface area contributed by atoms with Crippen molar-refractivity contribution in [1.29, 1.82) is 0 Å². The number of hydrogen-bond donors (Lipinski definition) is 1. The molecule has 0 saturated carbocycles. The highest BCUT2D eigenvalue weighted by atomic mass is 32.3. The Hall–Kier alpha value is -2.36. The summed E-state index contributed by atoms with van der Waals surface area (Å²) in [5, 5.41) is 10.7. The summed E-state index contributed by atoms with van der Waals surface area (Å²) in [7, 11) is -3.73. The van der Waals surface area contributed by atoms with Crippen molar-refractivity contribution in [2.45, 2.75) is 25.7 Å². The molecule has 0 aromatic heterocycles.